The molecule has 0 amide bonds. The zero-order chi connectivity index (χ0) is 20.3. The van der Waals surface area contributed by atoms with E-state index >= 15 is 0 Å². The number of cyclic esters (lactones) is 2. The fraction of sp³-hybridized carbons (Fsp3) is 0.250. The summed E-state index contributed by atoms with van der Waals surface area (Å²) in [5, 5.41) is 0.405. The third-order valence-corrected chi connectivity index (χ3v) is 4.02. The number of esters is 2. The zero-order valence-electron chi connectivity index (χ0n) is 15.5. The van der Waals surface area contributed by atoms with Crippen LogP contribution in [0.15, 0.2) is 42.1 Å². The van der Waals surface area contributed by atoms with Gasteiger partial charge in [-0.2, -0.15) is 0 Å². The fourth-order valence-corrected chi connectivity index (χ4v) is 2.60. The Hall–Kier alpha value is -3.06. The maximum Gasteiger partial charge on any atom is 0.348 e. The lowest BCUT2D eigenvalue weighted by Crippen LogP contribution is -2.41. The van der Waals surface area contributed by atoms with E-state index in [9.17, 15) is 9.59 Å². The Morgan fingerprint density at radius 2 is 1.82 bits per heavy atom. The van der Waals surface area contributed by atoms with Gasteiger partial charge in [-0.25, -0.2) is 14.6 Å². The summed E-state index contributed by atoms with van der Waals surface area (Å²) in [6.45, 7) is 3.25. The molecule has 0 aliphatic carbocycles. The van der Waals surface area contributed by atoms with Crippen LogP contribution >= 0.6 is 11.6 Å². The summed E-state index contributed by atoms with van der Waals surface area (Å²) in [5.41, 5.74) is 1.20. The molecule has 0 radical (unpaired) electrons. The Balaban J connectivity index is 1.78. The number of nitrogens with zero attached hydrogens (tertiary/aromatic N) is 1. The summed E-state index contributed by atoms with van der Waals surface area (Å²) < 4.78 is 21.3. The molecule has 0 atom stereocenters. The highest BCUT2D eigenvalue weighted by Crippen LogP contribution is 2.31. The van der Waals surface area contributed by atoms with E-state index in [0.29, 0.717) is 22.2 Å². The second-order valence-corrected chi connectivity index (χ2v) is 6.81. The van der Waals surface area contributed by atoms with Crippen LogP contribution in [0.3, 0.4) is 0 Å². The van der Waals surface area contributed by atoms with Gasteiger partial charge in [-0.15, -0.1) is 0 Å². The Bertz CT molecular complexity index is 914. The van der Waals surface area contributed by atoms with Gasteiger partial charge >= 0.3 is 11.9 Å². The minimum absolute atomic E-state index is 0.192. The van der Waals surface area contributed by atoms with Gasteiger partial charge in [0.15, 0.2) is 11.5 Å². The molecule has 0 unspecified atom stereocenters. The zero-order valence-corrected chi connectivity index (χ0v) is 16.3. The predicted octanol–water partition coefficient (Wildman–Crippen LogP) is 3.54. The lowest BCUT2D eigenvalue weighted by atomic mass is 10.1. The third kappa shape index (κ3) is 4.61. The van der Waals surface area contributed by atoms with Crippen molar-refractivity contribution in [3.63, 3.8) is 0 Å². The number of hydrogen-bond donors (Lipinski definition) is 0. The average molecular weight is 404 g/mol. The van der Waals surface area contributed by atoms with Gasteiger partial charge in [0.25, 0.3) is 5.79 Å². The highest BCUT2D eigenvalue weighted by Gasteiger charge is 2.38. The first-order valence-electron chi connectivity index (χ1n) is 8.37. The number of rotatable bonds is 5. The Morgan fingerprint density at radius 1 is 1.11 bits per heavy atom. The number of hydrogen-bond acceptors (Lipinski definition) is 7. The molecule has 1 aliphatic rings. The molecular weight excluding hydrogens is 386 g/mol. The average Bonchev–Trinajstić information content (AvgIpc) is 2.64. The van der Waals surface area contributed by atoms with Crippen LogP contribution in [0.1, 0.15) is 25.0 Å². The number of carbonyl (C=O) groups is 2. The van der Waals surface area contributed by atoms with Gasteiger partial charge < -0.3 is 18.9 Å². The number of benzene rings is 1. The molecule has 3 rings (SSSR count). The predicted molar refractivity (Wildman–Crippen MR) is 101 cm³/mol. The number of aromatic nitrogens is 1. The van der Waals surface area contributed by atoms with E-state index in [-0.39, 0.29) is 12.2 Å². The smallest absolute Gasteiger partial charge is 0.348 e. The molecule has 1 saturated heterocycles. The summed E-state index contributed by atoms with van der Waals surface area (Å²) in [5.74, 6) is -1.83. The molecule has 0 N–H and O–H groups in total. The number of pyridine rings is 1. The van der Waals surface area contributed by atoms with Gasteiger partial charge in [0.2, 0.25) is 0 Å². The van der Waals surface area contributed by atoms with Crippen molar-refractivity contribution in [3.05, 3.63) is 58.4 Å². The topological polar surface area (TPSA) is 84.0 Å². The van der Waals surface area contributed by atoms with Gasteiger partial charge in [-0.1, -0.05) is 23.7 Å². The standard InChI is InChI=1S/C20H18ClNO6/c1-20(2)27-18(23)14(19(24)28-20)8-12-4-6-15(16(9-12)25-3)26-11-13-5-7-17(21)22-10-13/h4-10H,11H2,1-3H3. The molecule has 28 heavy (non-hydrogen) atoms. The molecule has 2 heterocycles. The molecule has 7 nitrogen and oxygen atoms in total. The van der Waals surface area contributed by atoms with Crippen molar-refractivity contribution >= 4 is 29.6 Å². The lowest BCUT2D eigenvalue weighted by molar-refractivity contribution is -0.222. The van der Waals surface area contributed by atoms with Crippen LogP contribution in [-0.2, 0) is 25.7 Å². The lowest BCUT2D eigenvalue weighted by Gasteiger charge is -2.29. The van der Waals surface area contributed by atoms with Crippen molar-refractivity contribution in [1.29, 1.82) is 0 Å². The van der Waals surface area contributed by atoms with E-state index in [0.717, 1.165) is 5.56 Å². The molecule has 1 aliphatic heterocycles. The second kappa shape index (κ2) is 7.90. The summed E-state index contributed by atoms with van der Waals surface area (Å²) >= 11 is 5.77. The normalized spacial score (nSPS) is 15.5. The number of methoxy groups -OCH3 is 1. The number of halogens is 1. The monoisotopic (exact) mass is 403 g/mol. The van der Waals surface area contributed by atoms with E-state index in [2.05, 4.69) is 4.98 Å². The molecular formula is C20H18ClNO6. The number of ether oxygens (including phenoxy) is 4. The van der Waals surface area contributed by atoms with Crippen molar-refractivity contribution in [1.82, 2.24) is 4.98 Å². The highest BCUT2D eigenvalue weighted by molar-refractivity contribution is 6.29. The van der Waals surface area contributed by atoms with Crippen molar-refractivity contribution in [2.24, 2.45) is 0 Å². The van der Waals surface area contributed by atoms with Crippen molar-refractivity contribution in [3.8, 4) is 11.5 Å². The van der Waals surface area contributed by atoms with Gasteiger partial charge in [0.1, 0.15) is 17.3 Å². The number of carbonyl (C=O) groups excluding carboxylic acids is 2. The maximum absolute atomic E-state index is 12.1. The van der Waals surface area contributed by atoms with Crippen molar-refractivity contribution in [2.45, 2.75) is 26.2 Å². The van der Waals surface area contributed by atoms with E-state index in [1.807, 2.05) is 6.07 Å². The minimum Gasteiger partial charge on any atom is -0.493 e. The van der Waals surface area contributed by atoms with Crippen LogP contribution in [-0.4, -0.2) is 29.8 Å². The van der Waals surface area contributed by atoms with Gasteiger partial charge in [0.05, 0.1) is 7.11 Å². The van der Waals surface area contributed by atoms with Gasteiger partial charge in [-0.05, 0) is 29.8 Å². The van der Waals surface area contributed by atoms with Crippen LogP contribution in [0.4, 0.5) is 0 Å². The molecule has 1 aromatic carbocycles. The van der Waals surface area contributed by atoms with Crippen LogP contribution in [0.5, 0.6) is 11.5 Å². The van der Waals surface area contributed by atoms with Crippen LogP contribution in [0.25, 0.3) is 6.08 Å². The first kappa shape index (κ1) is 19.7. The molecule has 8 heteroatoms. The van der Waals surface area contributed by atoms with Crippen LogP contribution in [0.2, 0.25) is 5.15 Å². The van der Waals surface area contributed by atoms with E-state index in [1.54, 1.807) is 30.5 Å². The first-order chi connectivity index (χ1) is 13.3. The molecule has 0 spiro atoms. The Kier molecular flexibility index (Phi) is 5.56. The summed E-state index contributed by atoms with van der Waals surface area (Å²) in [6.07, 6.45) is 3.00. The van der Waals surface area contributed by atoms with Gasteiger partial charge in [-0.3, -0.25) is 0 Å². The maximum atomic E-state index is 12.1. The molecule has 0 bridgehead atoms. The second-order valence-electron chi connectivity index (χ2n) is 6.43. The Morgan fingerprint density at radius 3 is 2.43 bits per heavy atom. The molecule has 1 aromatic heterocycles. The first-order valence-corrected chi connectivity index (χ1v) is 8.75. The molecule has 1 fully saturated rings. The summed E-state index contributed by atoms with van der Waals surface area (Å²) in [7, 11) is 1.49. The molecule has 0 saturated carbocycles. The SMILES string of the molecule is COc1cc(C=C2C(=O)OC(C)(C)OC2=O)ccc1OCc1ccc(Cl)nc1. The van der Waals surface area contributed by atoms with Crippen LogP contribution < -0.4 is 9.47 Å². The molecule has 2 aromatic rings. The van der Waals surface area contributed by atoms with Crippen molar-refractivity contribution < 1.29 is 28.5 Å². The van der Waals surface area contributed by atoms with E-state index in [1.165, 1.54) is 27.0 Å². The third-order valence-electron chi connectivity index (χ3n) is 3.80. The van der Waals surface area contributed by atoms with Crippen molar-refractivity contribution in [2.75, 3.05) is 7.11 Å². The van der Waals surface area contributed by atoms with E-state index in [4.69, 9.17) is 30.5 Å². The largest absolute Gasteiger partial charge is 0.493 e. The fourth-order valence-electron chi connectivity index (χ4n) is 2.49. The summed E-state index contributed by atoms with van der Waals surface area (Å²) in [4.78, 5) is 28.1. The Labute approximate surface area is 166 Å². The molecule has 146 valence electrons. The summed E-state index contributed by atoms with van der Waals surface area (Å²) in [6, 6.07) is 8.49. The van der Waals surface area contributed by atoms with Gasteiger partial charge in [0, 0.05) is 25.6 Å². The minimum atomic E-state index is -1.28. The quantitative estimate of drug-likeness (QED) is 0.326. The van der Waals surface area contributed by atoms with Crippen LogP contribution in [0, 0.1) is 0 Å². The highest BCUT2D eigenvalue weighted by atomic mass is 35.5. The van der Waals surface area contributed by atoms with E-state index < -0.39 is 17.7 Å².